The Labute approximate surface area is 105 Å². The van der Waals surface area contributed by atoms with E-state index in [0.29, 0.717) is 4.90 Å². The lowest BCUT2D eigenvalue weighted by molar-refractivity contribution is -0.387. The van der Waals surface area contributed by atoms with Crippen LogP contribution in [-0.2, 0) is 0 Å². The first-order chi connectivity index (χ1) is 8.04. The first kappa shape index (κ1) is 13.5. The number of benzene rings is 1. The van der Waals surface area contributed by atoms with E-state index in [9.17, 15) is 10.1 Å². The van der Waals surface area contributed by atoms with Crippen LogP contribution in [0.2, 0.25) is 0 Å². The molecule has 0 saturated heterocycles. The van der Waals surface area contributed by atoms with Crippen molar-refractivity contribution in [3.63, 3.8) is 0 Å². The molecule has 6 heteroatoms. The molecule has 0 bridgehead atoms. The average molecular weight is 253 g/mol. The van der Waals surface area contributed by atoms with Gasteiger partial charge in [0.05, 0.1) is 14.9 Å². The first-order valence-corrected chi connectivity index (χ1v) is 6.02. The number of nitrogens with zero attached hydrogens (tertiary/aromatic N) is 3. The van der Waals surface area contributed by atoms with Crippen molar-refractivity contribution in [2.75, 3.05) is 14.1 Å². The third-order valence-corrected chi connectivity index (χ3v) is 3.07. The molecule has 0 amide bonds. The molecule has 0 unspecified atom stereocenters. The molecule has 0 aliphatic rings. The van der Waals surface area contributed by atoms with E-state index in [1.807, 2.05) is 21.0 Å². The van der Waals surface area contributed by atoms with Crippen LogP contribution in [0, 0.1) is 10.1 Å². The van der Waals surface area contributed by atoms with Crippen LogP contribution in [0.3, 0.4) is 0 Å². The third-order valence-electron chi connectivity index (χ3n) is 1.90. The molecule has 1 rings (SSSR count). The Kier molecular flexibility index (Phi) is 4.96. The molecular weight excluding hydrogens is 238 g/mol. The van der Waals surface area contributed by atoms with Crippen molar-refractivity contribution >= 4 is 22.5 Å². The second-order valence-corrected chi connectivity index (χ2v) is 4.64. The van der Waals surface area contributed by atoms with Gasteiger partial charge in [-0.1, -0.05) is 30.8 Å². The highest BCUT2D eigenvalue weighted by molar-refractivity contribution is 8.14. The van der Waals surface area contributed by atoms with Crippen LogP contribution in [0.4, 0.5) is 5.69 Å². The highest BCUT2D eigenvalue weighted by Crippen LogP contribution is 2.30. The van der Waals surface area contributed by atoms with Crippen LogP contribution in [0.1, 0.15) is 13.3 Å². The number of hydrazone groups is 1. The zero-order valence-electron chi connectivity index (χ0n) is 10.1. The summed E-state index contributed by atoms with van der Waals surface area (Å²) in [6.45, 7) is 1.98. The van der Waals surface area contributed by atoms with Crippen LogP contribution in [-0.4, -0.2) is 29.1 Å². The van der Waals surface area contributed by atoms with Gasteiger partial charge in [0.15, 0.2) is 0 Å². The maximum absolute atomic E-state index is 10.9. The van der Waals surface area contributed by atoms with Crippen molar-refractivity contribution in [3.8, 4) is 0 Å². The highest BCUT2D eigenvalue weighted by Gasteiger charge is 2.14. The maximum Gasteiger partial charge on any atom is 0.283 e. The van der Waals surface area contributed by atoms with Crippen LogP contribution in [0.15, 0.2) is 34.3 Å². The number of thioether (sulfide) groups is 1. The van der Waals surface area contributed by atoms with Gasteiger partial charge in [0, 0.05) is 20.2 Å². The summed E-state index contributed by atoms with van der Waals surface area (Å²) in [6.07, 6.45) is 0.745. The molecule has 0 heterocycles. The van der Waals surface area contributed by atoms with Crippen molar-refractivity contribution in [3.05, 3.63) is 34.4 Å². The van der Waals surface area contributed by atoms with E-state index in [1.165, 1.54) is 17.8 Å². The molecule has 0 N–H and O–H groups in total. The topological polar surface area (TPSA) is 58.7 Å². The molecule has 0 aromatic heterocycles. The second kappa shape index (κ2) is 6.24. The maximum atomic E-state index is 10.9. The Bertz CT molecular complexity index is 432. The van der Waals surface area contributed by atoms with Crippen LogP contribution in [0.25, 0.3) is 0 Å². The molecule has 1 aromatic carbocycles. The standard InChI is InChI=1S/C11H15N3O2S/c1-4-11(12-13(2)3)17-10-8-6-5-7-9(10)14(15)16/h5-8H,4H2,1-3H3. The number of para-hydroxylation sites is 1. The fourth-order valence-corrected chi connectivity index (χ4v) is 2.20. The number of rotatable bonds is 4. The third kappa shape index (κ3) is 4.07. The summed E-state index contributed by atoms with van der Waals surface area (Å²) in [4.78, 5) is 11.1. The fourth-order valence-electron chi connectivity index (χ4n) is 1.21. The van der Waals surface area contributed by atoms with Crippen molar-refractivity contribution in [2.45, 2.75) is 18.2 Å². The smallest absolute Gasteiger partial charge is 0.283 e. The Morgan fingerprint density at radius 3 is 2.65 bits per heavy atom. The van der Waals surface area contributed by atoms with Crippen molar-refractivity contribution in [2.24, 2.45) is 5.10 Å². The lowest BCUT2D eigenvalue weighted by Gasteiger charge is -2.08. The van der Waals surface area contributed by atoms with E-state index in [2.05, 4.69) is 5.10 Å². The van der Waals surface area contributed by atoms with Gasteiger partial charge in [-0.25, -0.2) is 0 Å². The molecule has 0 spiro atoms. The number of hydrogen-bond acceptors (Lipinski definition) is 5. The zero-order valence-corrected chi connectivity index (χ0v) is 10.9. The van der Waals surface area contributed by atoms with E-state index in [0.717, 1.165) is 11.5 Å². The van der Waals surface area contributed by atoms with Gasteiger partial charge in [0.1, 0.15) is 0 Å². The summed E-state index contributed by atoms with van der Waals surface area (Å²) in [5.74, 6) is 0. The van der Waals surface area contributed by atoms with Gasteiger partial charge in [0.2, 0.25) is 0 Å². The van der Waals surface area contributed by atoms with E-state index < -0.39 is 0 Å². The van der Waals surface area contributed by atoms with E-state index in [1.54, 1.807) is 23.2 Å². The summed E-state index contributed by atoms with van der Waals surface area (Å²) in [6, 6.07) is 6.70. The summed E-state index contributed by atoms with van der Waals surface area (Å²) >= 11 is 1.34. The van der Waals surface area contributed by atoms with E-state index in [4.69, 9.17) is 0 Å². The molecule has 0 aliphatic heterocycles. The van der Waals surface area contributed by atoms with Crippen LogP contribution in [0.5, 0.6) is 0 Å². The predicted octanol–water partition coefficient (Wildman–Crippen LogP) is 2.97. The molecule has 5 nitrogen and oxygen atoms in total. The molecule has 0 saturated carbocycles. The first-order valence-electron chi connectivity index (χ1n) is 5.20. The lowest BCUT2D eigenvalue weighted by atomic mass is 10.3. The van der Waals surface area contributed by atoms with Gasteiger partial charge in [-0.05, 0) is 12.5 Å². The number of nitro groups is 1. The quantitative estimate of drug-likeness (QED) is 0.272. The molecule has 92 valence electrons. The van der Waals surface area contributed by atoms with Gasteiger partial charge in [-0.2, -0.15) is 5.10 Å². The molecule has 0 radical (unpaired) electrons. The van der Waals surface area contributed by atoms with E-state index >= 15 is 0 Å². The van der Waals surface area contributed by atoms with Gasteiger partial charge in [-0.3, -0.25) is 10.1 Å². The van der Waals surface area contributed by atoms with Gasteiger partial charge < -0.3 is 5.01 Å². The zero-order chi connectivity index (χ0) is 12.8. The number of hydrogen-bond donors (Lipinski definition) is 0. The fraction of sp³-hybridized carbons (Fsp3) is 0.364. The summed E-state index contributed by atoms with van der Waals surface area (Å²) in [7, 11) is 3.66. The second-order valence-electron chi connectivity index (χ2n) is 3.52. The minimum Gasteiger partial charge on any atom is -0.302 e. The van der Waals surface area contributed by atoms with Gasteiger partial charge in [-0.15, -0.1) is 0 Å². The largest absolute Gasteiger partial charge is 0.302 e. The average Bonchev–Trinajstić information content (AvgIpc) is 2.28. The Morgan fingerprint density at radius 1 is 1.47 bits per heavy atom. The Morgan fingerprint density at radius 2 is 2.12 bits per heavy atom. The van der Waals surface area contributed by atoms with Crippen LogP contribution >= 0.6 is 11.8 Å². The van der Waals surface area contributed by atoms with Crippen molar-refractivity contribution < 1.29 is 4.92 Å². The normalized spacial score (nSPS) is 11.4. The summed E-state index contributed by atoms with van der Waals surface area (Å²) < 4.78 is 0. The summed E-state index contributed by atoms with van der Waals surface area (Å²) in [5, 5.41) is 17.7. The van der Waals surface area contributed by atoms with Crippen molar-refractivity contribution in [1.29, 1.82) is 0 Å². The Hall–Kier alpha value is -1.56. The lowest BCUT2D eigenvalue weighted by Crippen LogP contribution is -2.06. The summed E-state index contributed by atoms with van der Waals surface area (Å²) in [5.41, 5.74) is 0.123. The monoisotopic (exact) mass is 253 g/mol. The molecular formula is C11H15N3O2S. The number of nitro benzene ring substituents is 1. The molecule has 0 atom stereocenters. The minimum absolute atomic E-state index is 0.123. The molecule has 17 heavy (non-hydrogen) atoms. The minimum atomic E-state index is -0.370. The van der Waals surface area contributed by atoms with Gasteiger partial charge >= 0.3 is 0 Å². The molecule has 0 fully saturated rings. The Balaban J connectivity index is 2.98. The van der Waals surface area contributed by atoms with Gasteiger partial charge in [0.25, 0.3) is 5.69 Å². The SMILES string of the molecule is CCC(=NN(C)C)Sc1ccccc1[N+](=O)[O-]. The van der Waals surface area contributed by atoms with E-state index in [-0.39, 0.29) is 10.6 Å². The predicted molar refractivity (Wildman–Crippen MR) is 70.4 cm³/mol. The van der Waals surface area contributed by atoms with Crippen LogP contribution < -0.4 is 0 Å². The molecule has 0 aliphatic carbocycles. The highest BCUT2D eigenvalue weighted by atomic mass is 32.2. The molecule has 1 aromatic rings. The van der Waals surface area contributed by atoms with Crippen molar-refractivity contribution in [1.82, 2.24) is 5.01 Å².